The summed E-state index contributed by atoms with van der Waals surface area (Å²) in [5, 5.41) is 6.52. The Bertz CT molecular complexity index is 56.7. The van der Waals surface area contributed by atoms with Gasteiger partial charge in [0.25, 0.3) is 0 Å². The van der Waals surface area contributed by atoms with E-state index >= 15 is 0 Å². The summed E-state index contributed by atoms with van der Waals surface area (Å²) in [7, 11) is 0. The molecule has 0 aliphatic heterocycles. The number of thioether (sulfide) groups is 1. The molecule has 0 radical (unpaired) electrons. The second-order valence-electron chi connectivity index (χ2n) is 0.908. The maximum Gasteiger partial charge on any atom is 0.129 e. The minimum atomic E-state index is 0.509. The first-order valence-corrected chi connectivity index (χ1v) is 3.07. The minimum Gasteiger partial charge on any atom is -0.312 e. The first-order chi connectivity index (χ1) is 3.41. The van der Waals surface area contributed by atoms with Gasteiger partial charge in [-0.2, -0.15) is 0 Å². The van der Waals surface area contributed by atoms with Crippen LogP contribution in [0.15, 0.2) is 0 Å². The summed E-state index contributed by atoms with van der Waals surface area (Å²) in [4.78, 5) is 9.58. The molecule has 0 unspecified atom stereocenters. The highest BCUT2D eigenvalue weighted by atomic mass is 32.2. The van der Waals surface area contributed by atoms with Crippen LogP contribution < -0.4 is 0 Å². The lowest BCUT2D eigenvalue weighted by molar-refractivity contribution is -0.105. The summed E-state index contributed by atoms with van der Waals surface area (Å²) in [6.45, 7) is 0. The number of nitrogens with one attached hydrogen (secondary N) is 1. The quantitative estimate of drug-likeness (QED) is 0.332. The molecule has 40 valence electrons. The molecular weight excluding hydrogens is 110 g/mol. The van der Waals surface area contributed by atoms with Crippen molar-refractivity contribution in [2.24, 2.45) is 0 Å². The van der Waals surface area contributed by atoms with Crippen molar-refractivity contribution in [2.75, 3.05) is 11.5 Å². The van der Waals surface area contributed by atoms with Crippen molar-refractivity contribution < 1.29 is 4.79 Å². The molecule has 0 heterocycles. The van der Waals surface area contributed by atoms with E-state index in [4.69, 9.17) is 5.41 Å². The second-order valence-corrected chi connectivity index (χ2v) is 1.98. The van der Waals surface area contributed by atoms with Crippen LogP contribution in [0.4, 0.5) is 0 Å². The van der Waals surface area contributed by atoms with Crippen molar-refractivity contribution in [1.82, 2.24) is 0 Å². The Balaban J connectivity index is 2.68. The van der Waals surface area contributed by atoms with Gasteiger partial charge in [0.15, 0.2) is 0 Å². The highest BCUT2D eigenvalue weighted by Gasteiger charge is 1.77. The number of hydrogen-bond acceptors (Lipinski definition) is 3. The monoisotopic (exact) mass is 117 g/mol. The number of aldehydes is 1. The maximum absolute atomic E-state index is 9.58. The summed E-state index contributed by atoms with van der Waals surface area (Å²) in [5.74, 6) is 1.16. The van der Waals surface area contributed by atoms with Crippen LogP contribution in [-0.2, 0) is 4.79 Å². The second kappa shape index (κ2) is 5.69. The summed E-state index contributed by atoms with van der Waals surface area (Å²) < 4.78 is 0. The van der Waals surface area contributed by atoms with Gasteiger partial charge in [0.2, 0.25) is 0 Å². The molecule has 2 nitrogen and oxygen atoms in total. The van der Waals surface area contributed by atoms with Gasteiger partial charge in [0, 0.05) is 17.7 Å². The zero-order valence-corrected chi connectivity index (χ0v) is 4.70. The van der Waals surface area contributed by atoms with Crippen molar-refractivity contribution in [1.29, 1.82) is 5.41 Å². The van der Waals surface area contributed by atoms with Crippen molar-refractivity contribution >= 4 is 24.3 Å². The molecule has 7 heavy (non-hydrogen) atoms. The molecule has 0 atom stereocenters. The van der Waals surface area contributed by atoms with Crippen LogP contribution in [0.25, 0.3) is 0 Å². The predicted molar refractivity (Wildman–Crippen MR) is 32.2 cm³/mol. The van der Waals surface area contributed by atoms with Gasteiger partial charge in [-0.1, -0.05) is 0 Å². The number of rotatable bonds is 4. The van der Waals surface area contributed by atoms with E-state index in [-0.39, 0.29) is 0 Å². The van der Waals surface area contributed by atoms with Crippen LogP contribution in [0.5, 0.6) is 0 Å². The lowest BCUT2D eigenvalue weighted by Gasteiger charge is -1.81. The molecule has 0 bridgehead atoms. The van der Waals surface area contributed by atoms with Crippen LogP contribution in [-0.4, -0.2) is 24.0 Å². The van der Waals surface area contributed by atoms with Gasteiger partial charge in [0.05, 0.1) is 0 Å². The van der Waals surface area contributed by atoms with Crippen LogP contribution in [0.2, 0.25) is 0 Å². The summed E-state index contributed by atoms with van der Waals surface area (Å²) in [5.41, 5.74) is 0. The highest BCUT2D eigenvalue weighted by molar-refractivity contribution is 8.00. The fourth-order valence-electron chi connectivity index (χ4n) is 0.175. The van der Waals surface area contributed by atoms with Crippen molar-refractivity contribution in [3.05, 3.63) is 0 Å². The van der Waals surface area contributed by atoms with Crippen LogP contribution in [0.3, 0.4) is 0 Å². The van der Waals surface area contributed by atoms with Gasteiger partial charge in [-0.3, -0.25) is 0 Å². The third-order valence-electron chi connectivity index (χ3n) is 0.387. The Hall–Kier alpha value is -0.310. The van der Waals surface area contributed by atoms with E-state index in [2.05, 4.69) is 0 Å². The summed E-state index contributed by atoms with van der Waals surface area (Å²) in [6, 6.07) is 0. The van der Waals surface area contributed by atoms with Gasteiger partial charge in [-0.15, -0.1) is 11.8 Å². The standard InChI is InChI=1S/C4H7NOS/c5-1-3-7-4-2-6/h1-2,5H,3-4H2. The molecule has 0 aliphatic rings. The van der Waals surface area contributed by atoms with Crippen molar-refractivity contribution in [3.8, 4) is 0 Å². The molecule has 0 aromatic heterocycles. The minimum absolute atomic E-state index is 0.509. The van der Waals surface area contributed by atoms with Gasteiger partial charge in [-0.25, -0.2) is 0 Å². The fourth-order valence-corrected chi connectivity index (χ4v) is 0.525. The Morgan fingerprint density at radius 1 is 1.57 bits per heavy atom. The normalized spacial score (nSPS) is 8.00. The largest absolute Gasteiger partial charge is 0.312 e. The summed E-state index contributed by atoms with van der Waals surface area (Å²) >= 11 is 1.44. The molecule has 0 aromatic carbocycles. The van der Waals surface area contributed by atoms with Gasteiger partial charge < -0.3 is 10.2 Å². The van der Waals surface area contributed by atoms with E-state index in [1.807, 2.05) is 0 Å². The first-order valence-electron chi connectivity index (χ1n) is 1.92. The Morgan fingerprint density at radius 2 is 2.29 bits per heavy atom. The highest BCUT2D eigenvalue weighted by Crippen LogP contribution is 1.91. The molecule has 0 saturated carbocycles. The molecule has 0 fully saturated rings. The van der Waals surface area contributed by atoms with Gasteiger partial charge >= 0.3 is 0 Å². The van der Waals surface area contributed by atoms with Crippen LogP contribution in [0.1, 0.15) is 0 Å². The molecular formula is C4H7NOS. The third-order valence-corrected chi connectivity index (χ3v) is 1.16. The number of carbonyl (C=O) groups excluding carboxylic acids is 1. The Morgan fingerprint density at radius 3 is 2.71 bits per heavy atom. The van der Waals surface area contributed by atoms with Crippen molar-refractivity contribution in [2.45, 2.75) is 0 Å². The van der Waals surface area contributed by atoms with E-state index in [1.165, 1.54) is 18.0 Å². The Labute approximate surface area is 46.8 Å². The maximum atomic E-state index is 9.58. The average molecular weight is 117 g/mol. The molecule has 0 aromatic rings. The third kappa shape index (κ3) is 5.69. The smallest absolute Gasteiger partial charge is 0.129 e. The zero-order chi connectivity index (χ0) is 5.54. The molecule has 0 aliphatic carbocycles. The molecule has 0 amide bonds. The average Bonchev–Trinajstić information content (AvgIpc) is 1.69. The SMILES string of the molecule is N=CCSCC=O. The summed E-state index contributed by atoms with van der Waals surface area (Å²) in [6.07, 6.45) is 2.13. The Kier molecular flexibility index (Phi) is 5.44. The van der Waals surface area contributed by atoms with Crippen LogP contribution >= 0.6 is 11.8 Å². The van der Waals surface area contributed by atoms with Gasteiger partial charge in [-0.05, 0) is 0 Å². The van der Waals surface area contributed by atoms with E-state index in [9.17, 15) is 4.79 Å². The van der Waals surface area contributed by atoms with Crippen molar-refractivity contribution in [3.63, 3.8) is 0 Å². The molecule has 0 saturated heterocycles. The first kappa shape index (κ1) is 6.69. The van der Waals surface area contributed by atoms with Crippen LogP contribution in [0, 0.1) is 5.41 Å². The molecule has 1 N–H and O–H groups in total. The molecule has 0 rings (SSSR count). The van der Waals surface area contributed by atoms with E-state index in [0.29, 0.717) is 11.5 Å². The van der Waals surface area contributed by atoms with Gasteiger partial charge in [0.1, 0.15) is 6.29 Å². The lowest BCUT2D eigenvalue weighted by atomic mass is 10.9. The number of carbonyl (C=O) groups is 1. The lowest BCUT2D eigenvalue weighted by Crippen LogP contribution is -1.81. The van der Waals surface area contributed by atoms with E-state index in [0.717, 1.165) is 6.29 Å². The van der Waals surface area contributed by atoms with E-state index in [1.54, 1.807) is 0 Å². The zero-order valence-electron chi connectivity index (χ0n) is 3.89. The topological polar surface area (TPSA) is 40.9 Å². The van der Waals surface area contributed by atoms with E-state index < -0.39 is 0 Å². The predicted octanol–water partition coefficient (Wildman–Crippen LogP) is 0.568. The number of hydrogen-bond donors (Lipinski definition) is 1. The molecule has 3 heteroatoms. The fraction of sp³-hybridized carbons (Fsp3) is 0.500. The molecule has 0 spiro atoms.